The highest BCUT2D eigenvalue weighted by Gasteiger charge is 2.09. The molecule has 1 aromatic carbocycles. The van der Waals surface area contributed by atoms with Gasteiger partial charge in [0.15, 0.2) is 0 Å². The molecule has 2 N–H and O–H groups in total. The van der Waals surface area contributed by atoms with E-state index in [1.807, 2.05) is 0 Å². The first-order valence-corrected chi connectivity index (χ1v) is 8.41. The topological polar surface area (TPSA) is 74.6 Å². The quantitative estimate of drug-likeness (QED) is 0.626. The van der Waals surface area contributed by atoms with Crippen LogP contribution in [0.3, 0.4) is 0 Å². The number of aliphatic hydroxyl groups is 1. The molecule has 0 fully saturated rings. The molecule has 1 atom stereocenters. The van der Waals surface area contributed by atoms with Crippen LogP contribution in [0.1, 0.15) is 44.1 Å². The predicted octanol–water partition coefficient (Wildman–Crippen LogP) is 2.99. The van der Waals surface area contributed by atoms with Gasteiger partial charge in [0.1, 0.15) is 5.82 Å². The number of hydrogen-bond acceptors (Lipinski definition) is 3. The average Bonchev–Trinajstić information content (AvgIpc) is 2.34. The molecule has 0 amide bonds. The van der Waals surface area contributed by atoms with Gasteiger partial charge in [-0.25, -0.2) is 4.39 Å². The lowest BCUT2D eigenvalue weighted by Gasteiger charge is -2.14. The van der Waals surface area contributed by atoms with E-state index in [9.17, 15) is 17.9 Å². The van der Waals surface area contributed by atoms with Crippen molar-refractivity contribution in [3.05, 3.63) is 35.6 Å². The highest BCUT2D eigenvalue weighted by molar-refractivity contribution is 7.85. The van der Waals surface area contributed by atoms with E-state index in [0.717, 1.165) is 18.4 Å². The molecule has 116 valence electrons. The molecule has 0 spiro atoms. The molecular weight excluding hydrogens is 283 g/mol. The van der Waals surface area contributed by atoms with Gasteiger partial charge in [-0.2, -0.15) is 8.42 Å². The Morgan fingerprint density at radius 2 is 1.70 bits per heavy atom. The Morgan fingerprint density at radius 1 is 1.20 bits per heavy atom. The highest BCUT2D eigenvalue weighted by atomic mass is 32.2. The van der Waals surface area contributed by atoms with Crippen LogP contribution in [0.4, 0.5) is 4.39 Å². The number of halogens is 1. The van der Waals surface area contributed by atoms with Crippen molar-refractivity contribution in [2.75, 3.05) is 12.9 Å². The maximum atomic E-state index is 12.7. The number of rotatable bonds is 6. The molecule has 0 saturated carbocycles. The summed E-state index contributed by atoms with van der Waals surface area (Å²) in [6, 6.07) is 6.44. The van der Waals surface area contributed by atoms with Gasteiger partial charge in [0.25, 0.3) is 10.1 Å². The molecule has 0 bridgehead atoms. The molecule has 1 aromatic rings. The fraction of sp³-hybridized carbons (Fsp3) is 0.571. The van der Waals surface area contributed by atoms with E-state index < -0.39 is 10.1 Å². The van der Waals surface area contributed by atoms with Crippen molar-refractivity contribution in [3.63, 3.8) is 0 Å². The largest absolute Gasteiger partial charge is 0.396 e. The molecule has 1 unspecified atom stereocenters. The van der Waals surface area contributed by atoms with Crippen LogP contribution in [0.25, 0.3) is 0 Å². The van der Waals surface area contributed by atoms with Gasteiger partial charge in [-0.15, -0.1) is 0 Å². The molecule has 4 nitrogen and oxygen atoms in total. The number of aliphatic hydroxyl groups excluding tert-OH is 1. The first kappa shape index (κ1) is 19.0. The van der Waals surface area contributed by atoms with Gasteiger partial charge in [0.2, 0.25) is 0 Å². The Balaban J connectivity index is 0.000000621. The zero-order valence-corrected chi connectivity index (χ0v) is 12.7. The molecule has 0 radical (unpaired) electrons. The summed E-state index contributed by atoms with van der Waals surface area (Å²) in [5, 5.41) is 9.25. The summed E-state index contributed by atoms with van der Waals surface area (Å²) in [7, 11) is -3.67. The van der Waals surface area contributed by atoms with Crippen molar-refractivity contribution in [3.8, 4) is 0 Å². The molecule has 0 saturated heterocycles. The van der Waals surface area contributed by atoms with Crippen LogP contribution >= 0.6 is 0 Å². The fourth-order valence-corrected chi connectivity index (χ4v) is 1.74. The minimum absolute atomic E-state index is 0.148. The molecule has 0 aliphatic rings. The van der Waals surface area contributed by atoms with Crippen LogP contribution in [0.15, 0.2) is 24.3 Å². The van der Waals surface area contributed by atoms with E-state index in [0.29, 0.717) is 6.26 Å². The summed E-state index contributed by atoms with van der Waals surface area (Å²) in [6.07, 6.45) is 5.20. The van der Waals surface area contributed by atoms with Gasteiger partial charge in [-0.1, -0.05) is 38.3 Å². The summed E-state index contributed by atoms with van der Waals surface area (Å²) < 4.78 is 38.6. The zero-order chi connectivity index (χ0) is 15.6. The van der Waals surface area contributed by atoms with Crippen LogP contribution < -0.4 is 0 Å². The second-order valence-electron chi connectivity index (χ2n) is 4.66. The minimum Gasteiger partial charge on any atom is -0.396 e. The third-order valence-corrected chi connectivity index (χ3v) is 2.72. The Hall–Kier alpha value is -0.980. The summed E-state index contributed by atoms with van der Waals surface area (Å²) in [5.41, 5.74) is 1.04. The lowest BCUT2D eigenvalue weighted by atomic mass is 9.94. The zero-order valence-electron chi connectivity index (χ0n) is 11.9. The Morgan fingerprint density at radius 3 is 2.10 bits per heavy atom. The monoisotopic (exact) mass is 306 g/mol. The molecular formula is C14H23FO4S. The normalized spacial score (nSPS) is 12.4. The summed E-state index contributed by atoms with van der Waals surface area (Å²) in [6.45, 7) is 2.31. The van der Waals surface area contributed by atoms with Gasteiger partial charge in [0.05, 0.1) is 6.26 Å². The number of hydrogen-bond donors (Lipinski definition) is 2. The van der Waals surface area contributed by atoms with E-state index in [1.165, 1.54) is 25.0 Å². The molecule has 20 heavy (non-hydrogen) atoms. The van der Waals surface area contributed by atoms with Gasteiger partial charge in [0, 0.05) is 12.5 Å². The lowest BCUT2D eigenvalue weighted by Crippen LogP contribution is -2.04. The van der Waals surface area contributed by atoms with Crippen molar-refractivity contribution in [1.82, 2.24) is 0 Å². The second kappa shape index (κ2) is 9.85. The van der Waals surface area contributed by atoms with Crippen LogP contribution in [-0.2, 0) is 10.1 Å². The second-order valence-corrected chi connectivity index (χ2v) is 6.13. The summed E-state index contributed by atoms with van der Waals surface area (Å²) in [5.74, 6) is -0.0545. The van der Waals surface area contributed by atoms with Crippen LogP contribution in [0.2, 0.25) is 0 Å². The molecule has 1 rings (SSSR count). The van der Waals surface area contributed by atoms with Crippen molar-refractivity contribution < 1.29 is 22.5 Å². The first-order chi connectivity index (χ1) is 9.27. The standard InChI is InChI=1S/C13H19FO.CH4O3S/c1-2-3-4-5-12(10-15)11-6-8-13(14)9-7-11;1-5(2,3)4/h6-9,12,15H,2-5,10H2,1H3;1H3,(H,2,3,4). The molecule has 0 aliphatic heterocycles. The SMILES string of the molecule is CCCCCC(CO)c1ccc(F)cc1.CS(=O)(=O)O. The van der Waals surface area contributed by atoms with Gasteiger partial charge >= 0.3 is 0 Å². The Labute approximate surface area is 120 Å². The van der Waals surface area contributed by atoms with Crippen LogP contribution in [0.5, 0.6) is 0 Å². The lowest BCUT2D eigenvalue weighted by molar-refractivity contribution is 0.256. The molecule has 0 heterocycles. The molecule has 0 aliphatic carbocycles. The van der Waals surface area contributed by atoms with E-state index in [1.54, 1.807) is 12.1 Å². The van der Waals surface area contributed by atoms with E-state index in [4.69, 9.17) is 4.55 Å². The number of benzene rings is 1. The highest BCUT2D eigenvalue weighted by Crippen LogP contribution is 2.22. The molecule has 6 heteroatoms. The average molecular weight is 306 g/mol. The smallest absolute Gasteiger partial charge is 0.261 e. The van der Waals surface area contributed by atoms with Gasteiger partial charge < -0.3 is 5.11 Å². The van der Waals surface area contributed by atoms with Crippen molar-refractivity contribution in [2.45, 2.75) is 38.5 Å². The van der Waals surface area contributed by atoms with Gasteiger partial charge in [-0.05, 0) is 24.1 Å². The maximum Gasteiger partial charge on any atom is 0.261 e. The van der Waals surface area contributed by atoms with E-state index >= 15 is 0 Å². The van der Waals surface area contributed by atoms with Crippen molar-refractivity contribution in [2.24, 2.45) is 0 Å². The Kier molecular flexibility index (Phi) is 9.37. The van der Waals surface area contributed by atoms with E-state index in [2.05, 4.69) is 6.92 Å². The third-order valence-electron chi connectivity index (χ3n) is 2.72. The summed E-state index contributed by atoms with van der Waals surface area (Å²) >= 11 is 0. The minimum atomic E-state index is -3.67. The molecule has 0 aromatic heterocycles. The van der Waals surface area contributed by atoms with Crippen molar-refractivity contribution >= 4 is 10.1 Å². The fourth-order valence-electron chi connectivity index (χ4n) is 1.74. The Bertz CT molecular complexity index is 449. The van der Waals surface area contributed by atoms with E-state index in [-0.39, 0.29) is 18.3 Å². The third kappa shape index (κ3) is 10.9. The van der Waals surface area contributed by atoms with Crippen LogP contribution in [-0.4, -0.2) is 30.9 Å². The predicted molar refractivity (Wildman–Crippen MR) is 77.8 cm³/mol. The van der Waals surface area contributed by atoms with Gasteiger partial charge in [-0.3, -0.25) is 4.55 Å². The maximum absolute atomic E-state index is 12.7. The van der Waals surface area contributed by atoms with Crippen LogP contribution in [0, 0.1) is 5.82 Å². The number of unbranched alkanes of at least 4 members (excludes halogenated alkanes) is 2. The van der Waals surface area contributed by atoms with Crippen molar-refractivity contribution in [1.29, 1.82) is 0 Å². The summed E-state index contributed by atoms with van der Waals surface area (Å²) in [4.78, 5) is 0. The first-order valence-electron chi connectivity index (χ1n) is 6.56.